The topological polar surface area (TPSA) is 47.0 Å². The predicted octanol–water partition coefficient (Wildman–Crippen LogP) is 3.39. The lowest BCUT2D eigenvalue weighted by Gasteiger charge is -2.12. The maximum absolute atomic E-state index is 5.92. The Morgan fingerprint density at radius 2 is 1.50 bits per heavy atom. The number of hydrogen-bond acceptors (Lipinski definition) is 4. The molecule has 1 aromatic carbocycles. The molecule has 3 rings (SSSR count). The Hall–Kier alpha value is -2.72. The molecule has 4 nitrogen and oxygen atoms in total. The van der Waals surface area contributed by atoms with Crippen molar-refractivity contribution >= 4 is 0 Å². The fourth-order valence-electron chi connectivity index (χ4n) is 2.41. The van der Waals surface area contributed by atoms with E-state index < -0.39 is 0 Å². The van der Waals surface area contributed by atoms with Crippen LogP contribution in [0.2, 0.25) is 0 Å². The summed E-state index contributed by atoms with van der Waals surface area (Å²) in [5, 5.41) is 3.45. The van der Waals surface area contributed by atoms with Gasteiger partial charge in [0, 0.05) is 43.2 Å². The predicted molar refractivity (Wildman–Crippen MR) is 94.7 cm³/mol. The number of aromatic nitrogens is 2. The molecule has 0 amide bonds. The lowest BCUT2D eigenvalue weighted by molar-refractivity contribution is 0.297. The van der Waals surface area contributed by atoms with E-state index in [0.29, 0.717) is 6.61 Å². The van der Waals surface area contributed by atoms with Crippen LogP contribution in [0.4, 0.5) is 0 Å². The standard InChI is InChI=1S/C20H21N3O/c1-2-10-20(24-16-19-9-4-6-13-23-19)17(7-1)15-21-14-11-18-8-3-5-12-22-18/h1-10,12-13,21H,11,14-16H2. The molecule has 0 bridgehead atoms. The van der Waals surface area contributed by atoms with Crippen LogP contribution >= 0.6 is 0 Å². The van der Waals surface area contributed by atoms with E-state index in [2.05, 4.69) is 21.4 Å². The van der Waals surface area contributed by atoms with Crippen molar-refractivity contribution in [3.8, 4) is 5.75 Å². The monoisotopic (exact) mass is 319 g/mol. The van der Waals surface area contributed by atoms with Crippen molar-refractivity contribution in [1.29, 1.82) is 0 Å². The van der Waals surface area contributed by atoms with Gasteiger partial charge in [0.05, 0.1) is 5.69 Å². The van der Waals surface area contributed by atoms with Crippen LogP contribution in [-0.2, 0) is 19.6 Å². The molecule has 3 aromatic rings. The smallest absolute Gasteiger partial charge is 0.130 e. The molecule has 0 unspecified atom stereocenters. The van der Waals surface area contributed by atoms with Crippen molar-refractivity contribution in [2.24, 2.45) is 0 Å². The molecular weight excluding hydrogens is 298 g/mol. The van der Waals surface area contributed by atoms with Crippen molar-refractivity contribution in [1.82, 2.24) is 15.3 Å². The number of ether oxygens (including phenoxy) is 1. The summed E-state index contributed by atoms with van der Waals surface area (Å²) in [6.45, 7) is 2.13. The first-order valence-electron chi connectivity index (χ1n) is 8.13. The Balaban J connectivity index is 1.50. The number of benzene rings is 1. The van der Waals surface area contributed by atoms with Gasteiger partial charge in [-0.05, 0) is 30.3 Å². The summed E-state index contributed by atoms with van der Waals surface area (Å²) in [7, 11) is 0. The van der Waals surface area contributed by atoms with E-state index in [1.807, 2.05) is 60.8 Å². The maximum atomic E-state index is 5.92. The molecule has 0 fully saturated rings. The zero-order valence-corrected chi connectivity index (χ0v) is 13.6. The minimum atomic E-state index is 0.478. The third-order valence-corrected chi connectivity index (χ3v) is 3.67. The van der Waals surface area contributed by atoms with Crippen LogP contribution < -0.4 is 10.1 Å². The quantitative estimate of drug-likeness (QED) is 0.647. The van der Waals surface area contributed by atoms with Crippen molar-refractivity contribution in [2.45, 2.75) is 19.6 Å². The number of nitrogens with zero attached hydrogens (tertiary/aromatic N) is 2. The lowest BCUT2D eigenvalue weighted by atomic mass is 10.2. The third-order valence-electron chi connectivity index (χ3n) is 3.67. The summed E-state index contributed by atoms with van der Waals surface area (Å²) in [6, 6.07) is 19.9. The van der Waals surface area contributed by atoms with E-state index in [0.717, 1.165) is 42.2 Å². The van der Waals surface area contributed by atoms with Crippen LogP contribution in [0, 0.1) is 0 Å². The van der Waals surface area contributed by atoms with Crippen LogP contribution in [0.5, 0.6) is 5.75 Å². The summed E-state index contributed by atoms with van der Waals surface area (Å²) in [5.74, 6) is 0.897. The molecule has 0 spiro atoms. The molecule has 0 atom stereocenters. The molecule has 4 heteroatoms. The lowest BCUT2D eigenvalue weighted by Crippen LogP contribution is -2.17. The van der Waals surface area contributed by atoms with E-state index in [9.17, 15) is 0 Å². The highest BCUT2D eigenvalue weighted by atomic mass is 16.5. The van der Waals surface area contributed by atoms with E-state index >= 15 is 0 Å². The number of pyridine rings is 2. The third kappa shape index (κ3) is 4.89. The van der Waals surface area contributed by atoms with Gasteiger partial charge in [-0.3, -0.25) is 9.97 Å². The van der Waals surface area contributed by atoms with E-state index in [-0.39, 0.29) is 0 Å². The van der Waals surface area contributed by atoms with E-state index in [4.69, 9.17) is 4.74 Å². The second-order valence-electron chi connectivity index (χ2n) is 5.47. The number of rotatable bonds is 8. The van der Waals surface area contributed by atoms with Gasteiger partial charge in [0.1, 0.15) is 12.4 Å². The molecule has 0 aliphatic rings. The summed E-state index contributed by atoms with van der Waals surface area (Å²) in [5.41, 5.74) is 3.18. The van der Waals surface area contributed by atoms with Gasteiger partial charge in [0.2, 0.25) is 0 Å². The molecule has 0 aliphatic heterocycles. The SMILES string of the molecule is c1ccc(CCNCc2ccccc2OCc2ccccn2)nc1. The molecule has 0 saturated heterocycles. The number of para-hydroxylation sites is 1. The zero-order chi connectivity index (χ0) is 16.5. The van der Waals surface area contributed by atoms with Crippen LogP contribution in [-0.4, -0.2) is 16.5 Å². The summed E-state index contributed by atoms with van der Waals surface area (Å²) in [4.78, 5) is 8.62. The van der Waals surface area contributed by atoms with Crippen molar-refractivity contribution < 1.29 is 4.74 Å². The van der Waals surface area contributed by atoms with Gasteiger partial charge >= 0.3 is 0 Å². The molecule has 24 heavy (non-hydrogen) atoms. The largest absolute Gasteiger partial charge is 0.487 e. The van der Waals surface area contributed by atoms with Gasteiger partial charge in [0.25, 0.3) is 0 Å². The van der Waals surface area contributed by atoms with Gasteiger partial charge in [-0.1, -0.05) is 30.3 Å². The minimum Gasteiger partial charge on any atom is -0.487 e. The van der Waals surface area contributed by atoms with Crippen molar-refractivity contribution in [2.75, 3.05) is 6.54 Å². The van der Waals surface area contributed by atoms with Crippen LogP contribution in [0.25, 0.3) is 0 Å². The Labute approximate surface area is 142 Å². The van der Waals surface area contributed by atoms with E-state index in [1.54, 1.807) is 6.20 Å². The molecule has 0 saturated carbocycles. The molecule has 2 aromatic heterocycles. The fourth-order valence-corrected chi connectivity index (χ4v) is 2.41. The fraction of sp³-hybridized carbons (Fsp3) is 0.200. The maximum Gasteiger partial charge on any atom is 0.130 e. The Kier molecular flexibility index (Phi) is 5.92. The highest BCUT2D eigenvalue weighted by Crippen LogP contribution is 2.18. The molecule has 0 radical (unpaired) electrons. The van der Waals surface area contributed by atoms with E-state index in [1.165, 1.54) is 0 Å². The average molecular weight is 319 g/mol. The van der Waals surface area contributed by atoms with Crippen LogP contribution in [0.3, 0.4) is 0 Å². The Morgan fingerprint density at radius 1 is 0.792 bits per heavy atom. The van der Waals surface area contributed by atoms with Crippen LogP contribution in [0.1, 0.15) is 17.0 Å². The van der Waals surface area contributed by atoms with Gasteiger partial charge in [0.15, 0.2) is 0 Å². The Morgan fingerprint density at radius 3 is 2.25 bits per heavy atom. The van der Waals surface area contributed by atoms with Gasteiger partial charge in [-0.25, -0.2) is 0 Å². The molecule has 0 aliphatic carbocycles. The first-order chi connectivity index (χ1) is 11.9. The summed E-state index contributed by atoms with van der Waals surface area (Å²) >= 11 is 0. The van der Waals surface area contributed by atoms with Crippen molar-refractivity contribution in [3.63, 3.8) is 0 Å². The highest BCUT2D eigenvalue weighted by Gasteiger charge is 2.04. The zero-order valence-electron chi connectivity index (χ0n) is 13.6. The van der Waals surface area contributed by atoms with Gasteiger partial charge < -0.3 is 10.1 Å². The van der Waals surface area contributed by atoms with Crippen LogP contribution in [0.15, 0.2) is 73.1 Å². The molecule has 2 heterocycles. The number of hydrogen-bond donors (Lipinski definition) is 1. The first-order valence-corrected chi connectivity index (χ1v) is 8.13. The van der Waals surface area contributed by atoms with Crippen molar-refractivity contribution in [3.05, 3.63) is 90.0 Å². The summed E-state index contributed by atoms with van der Waals surface area (Å²) < 4.78 is 5.92. The Bertz CT molecular complexity index is 732. The van der Waals surface area contributed by atoms with Gasteiger partial charge in [-0.15, -0.1) is 0 Å². The molecular formula is C20H21N3O. The number of nitrogens with one attached hydrogen (secondary N) is 1. The normalized spacial score (nSPS) is 10.5. The highest BCUT2D eigenvalue weighted by molar-refractivity contribution is 5.33. The second kappa shape index (κ2) is 8.79. The minimum absolute atomic E-state index is 0.478. The summed E-state index contributed by atoms with van der Waals surface area (Å²) in [6.07, 6.45) is 4.53. The van der Waals surface area contributed by atoms with Gasteiger partial charge in [-0.2, -0.15) is 0 Å². The second-order valence-corrected chi connectivity index (χ2v) is 5.47. The molecule has 1 N–H and O–H groups in total. The first kappa shape index (κ1) is 16.1. The average Bonchev–Trinajstić information content (AvgIpc) is 2.66. The molecule has 122 valence electrons.